The van der Waals surface area contributed by atoms with Crippen LogP contribution >= 0.6 is 11.8 Å². The molecule has 3 N–H and O–H groups in total. The molecular formula is C13H23N3O3S. The zero-order valence-corrected chi connectivity index (χ0v) is 12.6. The van der Waals surface area contributed by atoms with Crippen molar-refractivity contribution in [1.29, 1.82) is 0 Å². The van der Waals surface area contributed by atoms with Gasteiger partial charge in [-0.15, -0.1) is 0 Å². The van der Waals surface area contributed by atoms with Crippen LogP contribution in [0.2, 0.25) is 0 Å². The molecule has 0 aromatic carbocycles. The third kappa shape index (κ3) is 4.28. The average molecular weight is 301 g/mol. The summed E-state index contributed by atoms with van der Waals surface area (Å²) in [6.07, 6.45) is 3.54. The van der Waals surface area contributed by atoms with Crippen molar-refractivity contribution in [2.75, 3.05) is 26.0 Å². The Morgan fingerprint density at radius 3 is 3.10 bits per heavy atom. The fourth-order valence-electron chi connectivity index (χ4n) is 2.65. The number of methoxy groups -OCH3 is 1. The number of fused-ring (bicyclic) bond motifs is 1. The molecule has 2 aliphatic heterocycles. The first-order chi connectivity index (χ1) is 9.70. The fraction of sp³-hybridized carbons (Fsp3) is 0.846. The summed E-state index contributed by atoms with van der Waals surface area (Å²) in [5.74, 6) is 1.08. The standard InChI is InChI=1S/C13H23N3O3S/c1-19-7-6-14-11(17)5-3-2-4-10-12-9(8-20-10)15-13(18)16-12/h9-10,12H,2-8H2,1H3,(H,14,17)(H2,15,16,18)/t9?,10-,12?/m0/s1. The average Bonchev–Trinajstić information content (AvgIpc) is 2.95. The summed E-state index contributed by atoms with van der Waals surface area (Å²) in [6, 6.07) is 0.515. The van der Waals surface area contributed by atoms with Crippen LogP contribution in [-0.4, -0.2) is 55.3 Å². The number of amides is 3. The summed E-state index contributed by atoms with van der Waals surface area (Å²) in [4.78, 5) is 22.8. The van der Waals surface area contributed by atoms with Crippen molar-refractivity contribution in [3.63, 3.8) is 0 Å². The molecule has 0 aromatic heterocycles. The fourth-order valence-corrected chi connectivity index (χ4v) is 4.20. The molecule has 2 saturated heterocycles. The van der Waals surface area contributed by atoms with E-state index in [1.54, 1.807) is 7.11 Å². The van der Waals surface area contributed by atoms with Gasteiger partial charge in [0.1, 0.15) is 0 Å². The van der Waals surface area contributed by atoms with Crippen LogP contribution in [0.5, 0.6) is 0 Å². The van der Waals surface area contributed by atoms with Crippen molar-refractivity contribution in [3.8, 4) is 0 Å². The Morgan fingerprint density at radius 2 is 2.30 bits per heavy atom. The van der Waals surface area contributed by atoms with Gasteiger partial charge in [0.2, 0.25) is 5.91 Å². The van der Waals surface area contributed by atoms with Gasteiger partial charge in [0, 0.05) is 31.1 Å². The molecule has 0 aliphatic carbocycles. The number of carbonyl (C=O) groups excluding carboxylic acids is 2. The van der Waals surface area contributed by atoms with Gasteiger partial charge in [-0.1, -0.05) is 6.42 Å². The van der Waals surface area contributed by atoms with Gasteiger partial charge < -0.3 is 20.7 Å². The van der Waals surface area contributed by atoms with Gasteiger partial charge >= 0.3 is 6.03 Å². The van der Waals surface area contributed by atoms with Gasteiger partial charge in [0.25, 0.3) is 0 Å². The summed E-state index contributed by atoms with van der Waals surface area (Å²) in [6.45, 7) is 1.13. The summed E-state index contributed by atoms with van der Waals surface area (Å²) in [5.41, 5.74) is 0. The Labute approximate surface area is 123 Å². The van der Waals surface area contributed by atoms with Crippen LogP contribution in [-0.2, 0) is 9.53 Å². The summed E-state index contributed by atoms with van der Waals surface area (Å²) < 4.78 is 4.88. The van der Waals surface area contributed by atoms with Crippen molar-refractivity contribution in [2.45, 2.75) is 43.0 Å². The van der Waals surface area contributed by atoms with Gasteiger partial charge in [0.05, 0.1) is 18.7 Å². The lowest BCUT2D eigenvalue weighted by Gasteiger charge is -2.16. The second kappa shape index (κ2) is 7.73. The Morgan fingerprint density at radius 1 is 1.45 bits per heavy atom. The molecule has 0 bridgehead atoms. The molecule has 3 atom stereocenters. The normalized spacial score (nSPS) is 27.9. The lowest BCUT2D eigenvalue weighted by atomic mass is 10.0. The van der Waals surface area contributed by atoms with E-state index < -0.39 is 0 Å². The minimum absolute atomic E-state index is 0.0391. The number of thioether (sulfide) groups is 1. The van der Waals surface area contributed by atoms with E-state index in [0.717, 1.165) is 25.0 Å². The number of hydrogen-bond donors (Lipinski definition) is 3. The van der Waals surface area contributed by atoms with Gasteiger partial charge in [-0.05, 0) is 12.8 Å². The third-order valence-corrected chi connectivity index (χ3v) is 5.22. The highest BCUT2D eigenvalue weighted by molar-refractivity contribution is 8.00. The second-order valence-electron chi connectivity index (χ2n) is 5.21. The molecule has 2 rings (SSSR count). The molecular weight excluding hydrogens is 278 g/mol. The molecule has 0 spiro atoms. The number of nitrogens with one attached hydrogen (secondary N) is 3. The van der Waals surface area contributed by atoms with E-state index >= 15 is 0 Å². The first-order valence-corrected chi connectivity index (χ1v) is 8.20. The Hall–Kier alpha value is -0.950. The molecule has 7 heteroatoms. The molecule has 6 nitrogen and oxygen atoms in total. The number of hydrogen-bond acceptors (Lipinski definition) is 4. The number of carbonyl (C=O) groups is 2. The minimum Gasteiger partial charge on any atom is -0.383 e. The van der Waals surface area contributed by atoms with Crippen molar-refractivity contribution in [3.05, 3.63) is 0 Å². The smallest absolute Gasteiger partial charge is 0.315 e. The Kier molecular flexibility index (Phi) is 5.97. The highest BCUT2D eigenvalue weighted by atomic mass is 32.2. The first kappa shape index (κ1) is 15.4. The summed E-state index contributed by atoms with van der Waals surface area (Å²) >= 11 is 1.92. The van der Waals surface area contributed by atoms with Gasteiger partial charge in [-0.25, -0.2) is 4.79 Å². The monoisotopic (exact) mass is 301 g/mol. The number of urea groups is 1. The van der Waals surface area contributed by atoms with Gasteiger partial charge in [-0.3, -0.25) is 4.79 Å². The zero-order valence-electron chi connectivity index (χ0n) is 11.8. The largest absolute Gasteiger partial charge is 0.383 e. The number of rotatable bonds is 8. The highest BCUT2D eigenvalue weighted by Gasteiger charge is 2.42. The summed E-state index contributed by atoms with van der Waals surface area (Å²) in [5, 5.41) is 9.22. The maximum absolute atomic E-state index is 11.5. The maximum atomic E-state index is 11.5. The van der Waals surface area contributed by atoms with E-state index in [2.05, 4.69) is 16.0 Å². The van der Waals surface area contributed by atoms with Crippen LogP contribution in [0.4, 0.5) is 4.79 Å². The van der Waals surface area contributed by atoms with Crippen LogP contribution in [0.25, 0.3) is 0 Å². The summed E-state index contributed by atoms with van der Waals surface area (Å²) in [7, 11) is 1.62. The maximum Gasteiger partial charge on any atom is 0.315 e. The first-order valence-electron chi connectivity index (χ1n) is 7.15. The van der Waals surface area contributed by atoms with Crippen LogP contribution in [0, 0.1) is 0 Å². The van der Waals surface area contributed by atoms with Crippen molar-refractivity contribution in [1.82, 2.24) is 16.0 Å². The minimum atomic E-state index is -0.0391. The SMILES string of the molecule is COCCNC(=O)CCCC[C@@H]1SCC2NC(=O)NC21. The van der Waals surface area contributed by atoms with E-state index in [-0.39, 0.29) is 24.0 Å². The molecule has 114 valence electrons. The molecule has 2 heterocycles. The van der Waals surface area contributed by atoms with E-state index in [1.165, 1.54) is 0 Å². The van der Waals surface area contributed by atoms with Crippen molar-refractivity contribution in [2.24, 2.45) is 0 Å². The van der Waals surface area contributed by atoms with Crippen LogP contribution in [0.15, 0.2) is 0 Å². The molecule has 2 fully saturated rings. The van der Waals surface area contributed by atoms with E-state index in [9.17, 15) is 9.59 Å². The molecule has 2 unspecified atom stereocenters. The number of unbranched alkanes of at least 4 members (excludes halogenated alkanes) is 1. The predicted molar refractivity (Wildman–Crippen MR) is 78.8 cm³/mol. The molecule has 0 radical (unpaired) electrons. The molecule has 2 aliphatic rings. The van der Waals surface area contributed by atoms with Gasteiger partial charge in [0.15, 0.2) is 0 Å². The van der Waals surface area contributed by atoms with E-state index in [4.69, 9.17) is 4.74 Å². The van der Waals surface area contributed by atoms with Crippen molar-refractivity contribution < 1.29 is 14.3 Å². The molecule has 0 saturated carbocycles. The predicted octanol–water partition coefficient (Wildman–Crippen LogP) is 0.475. The van der Waals surface area contributed by atoms with Crippen molar-refractivity contribution >= 4 is 23.7 Å². The van der Waals surface area contributed by atoms with Crippen LogP contribution in [0.3, 0.4) is 0 Å². The molecule has 0 aromatic rings. The topological polar surface area (TPSA) is 79.5 Å². The second-order valence-corrected chi connectivity index (χ2v) is 6.48. The lowest BCUT2D eigenvalue weighted by Crippen LogP contribution is -2.36. The lowest BCUT2D eigenvalue weighted by molar-refractivity contribution is -0.121. The molecule has 3 amide bonds. The van der Waals surface area contributed by atoms with E-state index in [1.807, 2.05) is 11.8 Å². The van der Waals surface area contributed by atoms with E-state index in [0.29, 0.717) is 24.8 Å². The van der Waals surface area contributed by atoms with Crippen LogP contribution in [0.1, 0.15) is 25.7 Å². The molecule has 20 heavy (non-hydrogen) atoms. The van der Waals surface area contributed by atoms with Gasteiger partial charge in [-0.2, -0.15) is 11.8 Å². The third-order valence-electron chi connectivity index (χ3n) is 3.71. The Bertz CT molecular complexity index is 354. The Balaban J connectivity index is 1.55. The number of ether oxygens (including phenoxy) is 1. The zero-order chi connectivity index (χ0) is 14.4. The highest BCUT2D eigenvalue weighted by Crippen LogP contribution is 2.33. The quantitative estimate of drug-likeness (QED) is 0.450. The van der Waals surface area contributed by atoms with Crippen LogP contribution < -0.4 is 16.0 Å².